The van der Waals surface area contributed by atoms with Gasteiger partial charge in [0.25, 0.3) is 0 Å². The van der Waals surface area contributed by atoms with Crippen molar-refractivity contribution < 1.29 is 4.79 Å². The molecule has 1 heterocycles. The van der Waals surface area contributed by atoms with E-state index in [1.165, 1.54) is 13.0 Å². The minimum atomic E-state index is 0. The van der Waals surface area contributed by atoms with E-state index in [0.717, 1.165) is 37.2 Å². The molecular formula is C17H29Cl2N3O. The number of anilines is 1. The summed E-state index contributed by atoms with van der Waals surface area (Å²) in [5, 5.41) is 0. The molecule has 1 aliphatic heterocycles. The Balaban J connectivity index is 0.00000242. The number of rotatable bonds is 5. The van der Waals surface area contributed by atoms with Gasteiger partial charge >= 0.3 is 0 Å². The Labute approximate surface area is 152 Å². The Morgan fingerprint density at radius 2 is 1.78 bits per heavy atom. The molecule has 1 aromatic rings. The third-order valence-electron chi connectivity index (χ3n) is 4.37. The lowest BCUT2D eigenvalue weighted by Gasteiger charge is -2.36. The van der Waals surface area contributed by atoms with Crippen molar-refractivity contribution in [3.05, 3.63) is 29.8 Å². The van der Waals surface area contributed by atoms with Gasteiger partial charge in [-0.3, -0.25) is 4.79 Å². The zero-order chi connectivity index (χ0) is 15.2. The highest BCUT2D eigenvalue weighted by atomic mass is 35.5. The van der Waals surface area contributed by atoms with E-state index in [1.807, 2.05) is 36.2 Å². The monoisotopic (exact) mass is 361 g/mol. The fraction of sp³-hybridized carbons (Fsp3) is 0.588. The number of nitrogens with zero attached hydrogens (tertiary/aromatic N) is 2. The van der Waals surface area contributed by atoms with Gasteiger partial charge in [-0.15, -0.1) is 24.8 Å². The van der Waals surface area contributed by atoms with Gasteiger partial charge in [0.2, 0.25) is 5.91 Å². The number of nitrogen functional groups attached to an aromatic ring is 1. The van der Waals surface area contributed by atoms with E-state index in [1.54, 1.807) is 0 Å². The topological polar surface area (TPSA) is 49.6 Å². The second-order valence-corrected chi connectivity index (χ2v) is 6.00. The van der Waals surface area contributed by atoms with Crippen molar-refractivity contribution in [2.45, 2.75) is 38.6 Å². The van der Waals surface area contributed by atoms with Gasteiger partial charge in [-0.05, 0) is 43.5 Å². The van der Waals surface area contributed by atoms with Crippen LogP contribution in [-0.4, -0.2) is 48.4 Å². The predicted molar refractivity (Wildman–Crippen MR) is 102 cm³/mol. The van der Waals surface area contributed by atoms with Crippen molar-refractivity contribution in [2.75, 3.05) is 32.4 Å². The number of amides is 1. The Morgan fingerprint density at radius 3 is 2.30 bits per heavy atom. The molecule has 1 saturated heterocycles. The highest BCUT2D eigenvalue weighted by Gasteiger charge is 2.24. The smallest absolute Gasteiger partial charge is 0.226 e. The van der Waals surface area contributed by atoms with E-state index in [2.05, 4.69) is 11.8 Å². The van der Waals surface area contributed by atoms with Gasteiger partial charge in [0.1, 0.15) is 0 Å². The molecule has 6 heteroatoms. The molecule has 1 aromatic carbocycles. The number of carbonyl (C=O) groups excluding carboxylic acids is 1. The van der Waals surface area contributed by atoms with Crippen molar-refractivity contribution in [2.24, 2.45) is 0 Å². The first-order valence-electron chi connectivity index (χ1n) is 7.92. The molecule has 132 valence electrons. The van der Waals surface area contributed by atoms with E-state index in [-0.39, 0.29) is 30.7 Å². The summed E-state index contributed by atoms with van der Waals surface area (Å²) in [6.07, 6.45) is 3.84. The lowest BCUT2D eigenvalue weighted by Crippen LogP contribution is -2.46. The number of halogens is 2. The molecule has 2 N–H and O–H groups in total. The van der Waals surface area contributed by atoms with Crippen LogP contribution in [0.15, 0.2) is 24.3 Å². The predicted octanol–water partition coefficient (Wildman–Crippen LogP) is 2.99. The maximum atomic E-state index is 12.4. The summed E-state index contributed by atoms with van der Waals surface area (Å²) in [5.74, 6) is 0.203. The number of carbonyl (C=O) groups is 1. The van der Waals surface area contributed by atoms with E-state index >= 15 is 0 Å². The van der Waals surface area contributed by atoms with Crippen LogP contribution in [0.2, 0.25) is 0 Å². The maximum Gasteiger partial charge on any atom is 0.226 e. The van der Waals surface area contributed by atoms with Gasteiger partial charge in [0.05, 0.1) is 6.42 Å². The molecular weight excluding hydrogens is 333 g/mol. The number of hydrogen-bond acceptors (Lipinski definition) is 3. The fourth-order valence-electron chi connectivity index (χ4n) is 2.98. The number of piperidine rings is 1. The van der Waals surface area contributed by atoms with Crippen LogP contribution in [0.25, 0.3) is 0 Å². The standard InChI is InChI=1S/C17H27N3O.2ClH/c1-3-10-20-11-8-16(9-12-20)19(2)17(21)13-14-4-6-15(18)7-5-14;;/h4-7,16H,3,8-13,18H2,1-2H3;2*1H. The highest BCUT2D eigenvalue weighted by molar-refractivity contribution is 5.85. The Kier molecular flexibility index (Phi) is 10.3. The van der Waals surface area contributed by atoms with Crippen LogP contribution < -0.4 is 5.73 Å². The molecule has 0 aromatic heterocycles. The number of nitrogens with two attached hydrogens (primary N) is 1. The highest BCUT2D eigenvalue weighted by Crippen LogP contribution is 2.17. The van der Waals surface area contributed by atoms with Gasteiger partial charge in [0.15, 0.2) is 0 Å². The molecule has 0 atom stereocenters. The minimum Gasteiger partial charge on any atom is -0.399 e. The molecule has 1 amide bonds. The van der Waals surface area contributed by atoms with Gasteiger partial charge in [-0.1, -0.05) is 19.1 Å². The number of likely N-dealkylation sites (N-methyl/N-ethyl adjacent to an activating group) is 1. The third-order valence-corrected chi connectivity index (χ3v) is 4.37. The van der Waals surface area contributed by atoms with Crippen molar-refractivity contribution in [3.8, 4) is 0 Å². The van der Waals surface area contributed by atoms with Crippen molar-refractivity contribution in [1.29, 1.82) is 0 Å². The van der Waals surface area contributed by atoms with Crippen LogP contribution in [-0.2, 0) is 11.2 Å². The molecule has 0 unspecified atom stereocenters. The molecule has 0 aliphatic carbocycles. The lowest BCUT2D eigenvalue weighted by atomic mass is 10.0. The maximum absolute atomic E-state index is 12.4. The van der Waals surface area contributed by atoms with Gasteiger partial charge in [-0.25, -0.2) is 0 Å². The normalized spacial score (nSPS) is 15.4. The molecule has 0 saturated carbocycles. The number of likely N-dealkylation sites (tertiary alicyclic amines) is 1. The average molecular weight is 362 g/mol. The summed E-state index contributed by atoms with van der Waals surface area (Å²) >= 11 is 0. The quantitative estimate of drug-likeness (QED) is 0.820. The molecule has 1 aliphatic rings. The van der Waals surface area contributed by atoms with Crippen LogP contribution in [0.5, 0.6) is 0 Å². The molecule has 0 radical (unpaired) electrons. The largest absolute Gasteiger partial charge is 0.399 e. The van der Waals surface area contributed by atoms with Crippen LogP contribution in [0, 0.1) is 0 Å². The minimum absolute atomic E-state index is 0. The summed E-state index contributed by atoms with van der Waals surface area (Å²) in [5.41, 5.74) is 7.44. The Morgan fingerprint density at radius 1 is 1.22 bits per heavy atom. The zero-order valence-corrected chi connectivity index (χ0v) is 15.7. The second kappa shape index (κ2) is 10.7. The summed E-state index contributed by atoms with van der Waals surface area (Å²) in [6.45, 7) is 5.61. The van der Waals surface area contributed by atoms with Crippen LogP contribution in [0.4, 0.5) is 5.69 Å². The van der Waals surface area contributed by atoms with Gasteiger partial charge in [-0.2, -0.15) is 0 Å². The Bertz CT molecular complexity index is 459. The van der Waals surface area contributed by atoms with E-state index < -0.39 is 0 Å². The summed E-state index contributed by atoms with van der Waals surface area (Å²) in [6, 6.07) is 7.97. The fourth-order valence-corrected chi connectivity index (χ4v) is 2.98. The zero-order valence-electron chi connectivity index (χ0n) is 14.0. The summed E-state index contributed by atoms with van der Waals surface area (Å²) < 4.78 is 0. The first kappa shape index (κ1) is 22.0. The number of benzene rings is 1. The van der Waals surface area contributed by atoms with Crippen molar-refractivity contribution in [3.63, 3.8) is 0 Å². The Hall–Kier alpha value is -0.970. The molecule has 2 rings (SSSR count). The van der Waals surface area contributed by atoms with Crippen LogP contribution in [0.1, 0.15) is 31.7 Å². The van der Waals surface area contributed by atoms with Crippen molar-refractivity contribution in [1.82, 2.24) is 9.80 Å². The third kappa shape index (κ3) is 6.58. The molecule has 23 heavy (non-hydrogen) atoms. The SMILES string of the molecule is CCCN1CCC(N(C)C(=O)Cc2ccc(N)cc2)CC1.Cl.Cl. The first-order valence-corrected chi connectivity index (χ1v) is 7.92. The molecule has 0 spiro atoms. The van der Waals surface area contributed by atoms with E-state index in [0.29, 0.717) is 12.5 Å². The van der Waals surface area contributed by atoms with Crippen molar-refractivity contribution >= 4 is 36.4 Å². The van der Waals surface area contributed by atoms with Crippen LogP contribution in [0.3, 0.4) is 0 Å². The first-order chi connectivity index (χ1) is 10.1. The summed E-state index contributed by atoms with van der Waals surface area (Å²) in [7, 11) is 1.94. The molecule has 1 fully saturated rings. The van der Waals surface area contributed by atoms with E-state index in [4.69, 9.17) is 5.73 Å². The lowest BCUT2D eigenvalue weighted by molar-refractivity contribution is -0.132. The van der Waals surface area contributed by atoms with Crippen LogP contribution >= 0.6 is 24.8 Å². The average Bonchev–Trinajstić information content (AvgIpc) is 2.50. The van der Waals surface area contributed by atoms with Gasteiger partial charge in [0, 0.05) is 31.9 Å². The molecule has 4 nitrogen and oxygen atoms in total. The summed E-state index contributed by atoms with van der Waals surface area (Å²) in [4.78, 5) is 16.8. The molecule has 0 bridgehead atoms. The van der Waals surface area contributed by atoms with E-state index in [9.17, 15) is 4.79 Å². The second-order valence-electron chi connectivity index (χ2n) is 6.00. The number of hydrogen-bond donors (Lipinski definition) is 1. The van der Waals surface area contributed by atoms with Gasteiger partial charge < -0.3 is 15.5 Å².